The number of aromatic amines is 1. The molecule has 0 spiro atoms. The number of nitrogens with one attached hydrogen (secondary N) is 1. The van der Waals surface area contributed by atoms with Crippen LogP contribution in [-0.4, -0.2) is 45.6 Å². The molecule has 122 valence electrons. The molecule has 23 heavy (non-hydrogen) atoms. The van der Waals surface area contributed by atoms with Crippen LogP contribution in [0.5, 0.6) is 5.75 Å². The van der Waals surface area contributed by atoms with E-state index in [2.05, 4.69) is 20.1 Å². The third-order valence-electron chi connectivity index (χ3n) is 4.25. The smallest absolute Gasteiger partial charge is 0.159 e. The van der Waals surface area contributed by atoms with Crippen molar-refractivity contribution in [1.82, 2.24) is 20.1 Å². The molecule has 0 bridgehead atoms. The van der Waals surface area contributed by atoms with Crippen LogP contribution in [0, 0.1) is 0 Å². The Bertz CT molecular complexity index is 669. The first-order valence-corrected chi connectivity index (χ1v) is 8.01. The molecule has 6 heteroatoms. The Morgan fingerprint density at radius 3 is 3.04 bits per heavy atom. The lowest BCUT2D eigenvalue weighted by Crippen LogP contribution is -2.20. The lowest BCUT2D eigenvalue weighted by molar-refractivity contribution is 0.101. The number of nitrogens with zero attached hydrogens (tertiary/aromatic N) is 3. The highest BCUT2D eigenvalue weighted by Crippen LogP contribution is 2.28. The Labute approximate surface area is 135 Å². The average molecular weight is 314 g/mol. The quantitative estimate of drug-likeness (QED) is 0.829. The average Bonchev–Trinajstić information content (AvgIpc) is 3.20. The van der Waals surface area contributed by atoms with Gasteiger partial charge in [0, 0.05) is 30.1 Å². The molecule has 0 amide bonds. The number of carbonyl (C=O) groups is 1. The van der Waals surface area contributed by atoms with E-state index in [-0.39, 0.29) is 5.78 Å². The van der Waals surface area contributed by atoms with Crippen LogP contribution in [0.2, 0.25) is 0 Å². The predicted molar refractivity (Wildman–Crippen MR) is 86.6 cm³/mol. The molecule has 1 aromatic heterocycles. The maximum Gasteiger partial charge on any atom is 0.159 e. The van der Waals surface area contributed by atoms with Gasteiger partial charge in [-0.15, -0.1) is 0 Å². The molecule has 2 aromatic rings. The summed E-state index contributed by atoms with van der Waals surface area (Å²) >= 11 is 0. The number of likely N-dealkylation sites (tertiary alicyclic amines) is 1. The second-order valence-electron chi connectivity index (χ2n) is 5.90. The van der Waals surface area contributed by atoms with Gasteiger partial charge in [0.2, 0.25) is 0 Å². The van der Waals surface area contributed by atoms with Crippen molar-refractivity contribution in [3.63, 3.8) is 0 Å². The minimum atomic E-state index is 0.0789. The largest absolute Gasteiger partial charge is 0.494 e. The monoisotopic (exact) mass is 314 g/mol. The number of hydrogen-bond donors (Lipinski definition) is 1. The van der Waals surface area contributed by atoms with Gasteiger partial charge in [-0.05, 0) is 45.0 Å². The van der Waals surface area contributed by atoms with Crippen molar-refractivity contribution in [1.29, 1.82) is 0 Å². The number of H-pyrrole nitrogens is 1. The first-order chi connectivity index (χ1) is 11.2. The summed E-state index contributed by atoms with van der Waals surface area (Å²) < 4.78 is 5.71. The van der Waals surface area contributed by atoms with Gasteiger partial charge in [-0.3, -0.25) is 14.8 Å². The zero-order valence-corrected chi connectivity index (χ0v) is 13.6. The van der Waals surface area contributed by atoms with Crippen molar-refractivity contribution in [2.24, 2.45) is 0 Å². The Balaban J connectivity index is 1.74. The predicted octanol–water partition coefficient (Wildman–Crippen LogP) is 2.40. The van der Waals surface area contributed by atoms with Crippen LogP contribution in [0.1, 0.15) is 47.9 Å². The minimum Gasteiger partial charge on any atom is -0.494 e. The van der Waals surface area contributed by atoms with Gasteiger partial charge in [0.1, 0.15) is 17.9 Å². The SMILES string of the molecule is CCOc1ccc(C(C)=O)cc1CN1CC[C@@H](c2ncn[nH]2)C1. The zero-order valence-electron chi connectivity index (χ0n) is 13.6. The van der Waals surface area contributed by atoms with Crippen molar-refractivity contribution >= 4 is 5.78 Å². The normalized spacial score (nSPS) is 18.3. The number of Topliss-reactive ketones (excluding diaryl/α,β-unsaturated/α-hetero) is 1. The lowest BCUT2D eigenvalue weighted by Gasteiger charge is -2.18. The fourth-order valence-corrected chi connectivity index (χ4v) is 3.07. The van der Waals surface area contributed by atoms with Crippen LogP contribution in [0.25, 0.3) is 0 Å². The van der Waals surface area contributed by atoms with Crippen LogP contribution >= 0.6 is 0 Å². The maximum atomic E-state index is 11.6. The van der Waals surface area contributed by atoms with Crippen LogP contribution < -0.4 is 4.74 Å². The Kier molecular flexibility index (Phi) is 4.71. The third-order valence-corrected chi connectivity index (χ3v) is 4.25. The van der Waals surface area contributed by atoms with E-state index in [1.165, 1.54) is 0 Å². The highest BCUT2D eigenvalue weighted by Gasteiger charge is 2.26. The molecule has 0 radical (unpaired) electrons. The molecule has 1 N–H and O–H groups in total. The van der Waals surface area contributed by atoms with Gasteiger partial charge in [0.25, 0.3) is 0 Å². The van der Waals surface area contributed by atoms with Crippen LogP contribution in [0.3, 0.4) is 0 Å². The van der Waals surface area contributed by atoms with Gasteiger partial charge < -0.3 is 4.74 Å². The molecule has 1 atom stereocenters. The molecular weight excluding hydrogens is 292 g/mol. The van der Waals surface area contributed by atoms with E-state index in [1.54, 1.807) is 13.3 Å². The second kappa shape index (κ2) is 6.91. The Hall–Kier alpha value is -2.21. The van der Waals surface area contributed by atoms with E-state index >= 15 is 0 Å². The number of hydrogen-bond acceptors (Lipinski definition) is 5. The van der Waals surface area contributed by atoms with Crippen LogP contribution in [0.4, 0.5) is 0 Å². The summed E-state index contributed by atoms with van der Waals surface area (Å²) in [6, 6.07) is 5.69. The number of ketones is 1. The lowest BCUT2D eigenvalue weighted by atomic mass is 10.1. The number of benzene rings is 1. The molecule has 1 aromatic carbocycles. The van der Waals surface area contributed by atoms with Gasteiger partial charge in [-0.25, -0.2) is 4.98 Å². The van der Waals surface area contributed by atoms with Crippen LogP contribution in [-0.2, 0) is 6.54 Å². The highest BCUT2D eigenvalue weighted by molar-refractivity contribution is 5.94. The molecule has 0 unspecified atom stereocenters. The fraction of sp³-hybridized carbons (Fsp3) is 0.471. The molecule has 1 saturated heterocycles. The summed E-state index contributed by atoms with van der Waals surface area (Å²) in [5, 5.41) is 6.90. The molecule has 6 nitrogen and oxygen atoms in total. The third kappa shape index (κ3) is 3.59. The number of ether oxygens (including phenoxy) is 1. The van der Waals surface area contributed by atoms with E-state index in [9.17, 15) is 4.79 Å². The molecule has 0 saturated carbocycles. The summed E-state index contributed by atoms with van der Waals surface area (Å²) in [5.41, 5.74) is 1.80. The molecule has 1 aliphatic rings. The number of carbonyl (C=O) groups excluding carboxylic acids is 1. The molecule has 2 heterocycles. The Morgan fingerprint density at radius 1 is 1.48 bits per heavy atom. The summed E-state index contributed by atoms with van der Waals surface area (Å²) in [6.45, 7) is 6.90. The number of aromatic nitrogens is 3. The van der Waals surface area contributed by atoms with Crippen molar-refractivity contribution < 1.29 is 9.53 Å². The van der Waals surface area contributed by atoms with Crippen LogP contribution in [0.15, 0.2) is 24.5 Å². The maximum absolute atomic E-state index is 11.6. The van der Waals surface area contributed by atoms with E-state index in [0.717, 1.165) is 48.8 Å². The molecule has 3 rings (SSSR count). The summed E-state index contributed by atoms with van der Waals surface area (Å²) in [6.07, 6.45) is 2.62. The fourth-order valence-electron chi connectivity index (χ4n) is 3.07. The minimum absolute atomic E-state index is 0.0789. The van der Waals surface area contributed by atoms with E-state index < -0.39 is 0 Å². The molecule has 1 aliphatic heterocycles. The van der Waals surface area contributed by atoms with Crippen molar-refractivity contribution in [3.8, 4) is 5.75 Å². The first-order valence-electron chi connectivity index (χ1n) is 8.01. The summed E-state index contributed by atoms with van der Waals surface area (Å²) in [7, 11) is 0. The molecule has 1 fully saturated rings. The van der Waals surface area contributed by atoms with Gasteiger partial charge in [0.05, 0.1) is 6.61 Å². The van der Waals surface area contributed by atoms with Crippen molar-refractivity contribution in [3.05, 3.63) is 41.5 Å². The summed E-state index contributed by atoms with van der Waals surface area (Å²) in [4.78, 5) is 18.3. The standard InChI is InChI=1S/C17H22N4O2/c1-3-23-16-5-4-13(12(2)22)8-15(16)10-21-7-6-14(9-21)17-18-11-19-20-17/h4-5,8,11,14H,3,6-7,9-10H2,1-2H3,(H,18,19,20)/t14-/m1/s1. The highest BCUT2D eigenvalue weighted by atomic mass is 16.5. The molecular formula is C17H22N4O2. The zero-order chi connectivity index (χ0) is 16.2. The van der Waals surface area contributed by atoms with E-state index in [0.29, 0.717) is 12.5 Å². The molecule has 0 aliphatic carbocycles. The van der Waals surface area contributed by atoms with Gasteiger partial charge in [-0.1, -0.05) is 0 Å². The van der Waals surface area contributed by atoms with Gasteiger partial charge in [0.15, 0.2) is 5.78 Å². The second-order valence-corrected chi connectivity index (χ2v) is 5.90. The van der Waals surface area contributed by atoms with Crippen molar-refractivity contribution in [2.75, 3.05) is 19.7 Å². The first kappa shape index (κ1) is 15.7. The summed E-state index contributed by atoms with van der Waals surface area (Å²) in [5.74, 6) is 2.29. The van der Waals surface area contributed by atoms with Gasteiger partial charge >= 0.3 is 0 Å². The Morgan fingerprint density at radius 2 is 2.35 bits per heavy atom. The topological polar surface area (TPSA) is 71.1 Å². The number of rotatable bonds is 6. The van der Waals surface area contributed by atoms with E-state index in [4.69, 9.17) is 4.74 Å². The van der Waals surface area contributed by atoms with Gasteiger partial charge in [-0.2, -0.15) is 5.10 Å². The van der Waals surface area contributed by atoms with E-state index in [1.807, 2.05) is 25.1 Å². The van der Waals surface area contributed by atoms with Crippen molar-refractivity contribution in [2.45, 2.75) is 32.7 Å².